The van der Waals surface area contributed by atoms with Gasteiger partial charge in [-0.2, -0.15) is 4.98 Å². The number of nitrogens with two attached hydrogens (primary N) is 1. The zero-order chi connectivity index (χ0) is 27.1. The molecule has 10 heteroatoms. The van der Waals surface area contributed by atoms with E-state index in [1.54, 1.807) is 17.0 Å². The molecule has 0 aliphatic carbocycles. The fraction of sp³-hybridized carbons (Fsp3) is 0.276. The molecule has 8 nitrogen and oxygen atoms in total. The van der Waals surface area contributed by atoms with Gasteiger partial charge in [-0.1, -0.05) is 36.4 Å². The van der Waals surface area contributed by atoms with E-state index in [0.29, 0.717) is 37.0 Å². The fourth-order valence-electron chi connectivity index (χ4n) is 5.60. The van der Waals surface area contributed by atoms with Gasteiger partial charge in [0, 0.05) is 41.3 Å². The maximum atomic E-state index is 13.0. The first kappa shape index (κ1) is 25.0. The summed E-state index contributed by atoms with van der Waals surface area (Å²) in [7, 11) is 0. The Bertz CT molecular complexity index is 1660. The van der Waals surface area contributed by atoms with Crippen LogP contribution in [0.3, 0.4) is 0 Å². The first-order valence-electron chi connectivity index (χ1n) is 13.0. The minimum Gasteiger partial charge on any atom is -0.366 e. The van der Waals surface area contributed by atoms with Crippen molar-refractivity contribution in [3.05, 3.63) is 89.2 Å². The van der Waals surface area contributed by atoms with Crippen molar-refractivity contribution in [2.45, 2.75) is 32.2 Å². The Morgan fingerprint density at radius 3 is 2.69 bits per heavy atom. The lowest BCUT2D eigenvalue weighted by Crippen LogP contribution is -2.26. The van der Waals surface area contributed by atoms with Gasteiger partial charge < -0.3 is 11.1 Å². The summed E-state index contributed by atoms with van der Waals surface area (Å²) < 4.78 is 29.9. The number of halogens is 2. The summed E-state index contributed by atoms with van der Waals surface area (Å²) in [6.45, 7) is 3.45. The van der Waals surface area contributed by atoms with Crippen molar-refractivity contribution in [3.63, 3.8) is 0 Å². The molecule has 0 bridgehead atoms. The average Bonchev–Trinajstić information content (AvgIpc) is 3.63. The number of anilines is 1. The molecule has 1 fully saturated rings. The number of nitrogens with one attached hydrogen (secondary N) is 1. The second-order valence-electron chi connectivity index (χ2n) is 10.0. The largest absolute Gasteiger partial charge is 0.366 e. The number of hydrogen-bond donors (Lipinski definition) is 2. The molecule has 3 N–H and O–H groups in total. The lowest BCUT2D eigenvalue weighted by Gasteiger charge is -2.16. The minimum absolute atomic E-state index is 0.0694. The van der Waals surface area contributed by atoms with Gasteiger partial charge >= 0.3 is 0 Å². The third kappa shape index (κ3) is 4.72. The summed E-state index contributed by atoms with van der Waals surface area (Å²) in [6.07, 6.45) is -1.58. The first-order chi connectivity index (χ1) is 18.9. The van der Waals surface area contributed by atoms with Gasteiger partial charge in [-0.15, -0.1) is 5.10 Å². The van der Waals surface area contributed by atoms with Gasteiger partial charge in [0.1, 0.15) is 5.52 Å². The maximum Gasteiger partial charge on any atom is 0.254 e. The molecule has 4 heterocycles. The number of carbonyl (C=O) groups excluding carboxylic acids is 1. The number of carbonyl (C=O) groups is 1. The Morgan fingerprint density at radius 2 is 1.92 bits per heavy atom. The van der Waals surface area contributed by atoms with Crippen molar-refractivity contribution < 1.29 is 13.6 Å². The van der Waals surface area contributed by atoms with E-state index in [1.165, 1.54) is 0 Å². The number of benzene rings is 2. The van der Waals surface area contributed by atoms with E-state index in [1.807, 2.05) is 70.6 Å². The molecule has 3 aromatic heterocycles. The number of rotatable bonds is 8. The summed E-state index contributed by atoms with van der Waals surface area (Å²) in [4.78, 5) is 18.8. The zero-order valence-corrected chi connectivity index (χ0v) is 21.5. The van der Waals surface area contributed by atoms with Crippen LogP contribution in [0.1, 0.15) is 39.6 Å². The normalized spacial score (nSPS) is 16.1. The molecular weight excluding hydrogens is 500 g/mol. The van der Waals surface area contributed by atoms with E-state index >= 15 is 0 Å². The predicted molar refractivity (Wildman–Crippen MR) is 147 cm³/mol. The van der Waals surface area contributed by atoms with Crippen molar-refractivity contribution >= 4 is 28.1 Å². The average molecular weight is 530 g/mol. The Hall–Kier alpha value is -4.31. The summed E-state index contributed by atoms with van der Waals surface area (Å²) in [5.41, 5.74) is 10.6. The molecule has 1 saturated heterocycles. The number of aryl methyl sites for hydroxylation is 1. The smallest absolute Gasteiger partial charge is 0.254 e. The Kier molecular flexibility index (Phi) is 6.48. The highest BCUT2D eigenvalue weighted by Crippen LogP contribution is 2.32. The van der Waals surface area contributed by atoms with Crippen LogP contribution in [0.2, 0.25) is 0 Å². The van der Waals surface area contributed by atoms with Crippen molar-refractivity contribution in [1.82, 2.24) is 24.1 Å². The van der Waals surface area contributed by atoms with Gasteiger partial charge in [0.15, 0.2) is 5.82 Å². The molecule has 0 spiro atoms. The van der Waals surface area contributed by atoms with E-state index in [0.717, 1.165) is 39.8 Å². The SMILES string of the molecule is Cc1cc2c(C(N)=O)cccc2n1-c1nc(NCc2ccccc2)c2ccc(C3CCN(CC(F)F)C3)n2n1. The van der Waals surface area contributed by atoms with Crippen LogP contribution in [0.5, 0.6) is 0 Å². The van der Waals surface area contributed by atoms with Gasteiger partial charge in [-0.05, 0) is 55.8 Å². The van der Waals surface area contributed by atoms with Gasteiger partial charge in [0.2, 0.25) is 5.91 Å². The van der Waals surface area contributed by atoms with E-state index in [4.69, 9.17) is 15.8 Å². The molecule has 1 aliphatic heterocycles. The second-order valence-corrected chi connectivity index (χ2v) is 10.0. The first-order valence-corrected chi connectivity index (χ1v) is 13.0. The molecular formula is C29H29F2N7O. The standard InChI is InChI=1S/C29H29F2N7O/c1-18-14-22-21(27(32)39)8-5-9-24(22)37(18)29-34-28(33-15-19-6-3-2-4-7-19)25-11-10-23(38(25)35-29)20-12-13-36(16-20)17-26(30)31/h2-11,14,20,26H,12-13,15-17H2,1H3,(H2,32,39)(H,33,34,35). The Balaban J connectivity index is 1.47. The van der Waals surface area contributed by atoms with Crippen molar-refractivity contribution in [2.75, 3.05) is 25.0 Å². The second kappa shape index (κ2) is 10.1. The summed E-state index contributed by atoms with van der Waals surface area (Å²) in [5.74, 6) is 0.665. The number of likely N-dealkylation sites (tertiary alicyclic amines) is 1. The highest BCUT2D eigenvalue weighted by Gasteiger charge is 2.29. The van der Waals surface area contributed by atoms with E-state index in [2.05, 4.69) is 5.32 Å². The molecule has 2 aromatic carbocycles. The lowest BCUT2D eigenvalue weighted by atomic mass is 10.1. The number of fused-ring (bicyclic) bond motifs is 2. The van der Waals surface area contributed by atoms with Crippen molar-refractivity contribution in [3.8, 4) is 5.95 Å². The van der Waals surface area contributed by atoms with E-state index < -0.39 is 12.3 Å². The van der Waals surface area contributed by atoms with E-state index in [-0.39, 0.29) is 12.5 Å². The predicted octanol–water partition coefficient (Wildman–Crippen LogP) is 4.75. The van der Waals surface area contributed by atoms with Crippen LogP contribution in [0, 0.1) is 6.92 Å². The number of alkyl halides is 2. The molecule has 200 valence electrons. The number of hydrogen-bond acceptors (Lipinski definition) is 5. The third-order valence-corrected chi connectivity index (χ3v) is 7.41. The maximum absolute atomic E-state index is 13.0. The molecule has 39 heavy (non-hydrogen) atoms. The van der Waals surface area contributed by atoms with Gasteiger partial charge in [-0.25, -0.2) is 13.3 Å². The monoisotopic (exact) mass is 529 g/mol. The van der Waals surface area contributed by atoms with Crippen LogP contribution in [0.25, 0.3) is 22.4 Å². The molecule has 1 aliphatic rings. The summed E-state index contributed by atoms with van der Waals surface area (Å²) in [5, 5.41) is 9.16. The molecule has 6 rings (SSSR count). The minimum atomic E-state index is -2.36. The molecule has 1 atom stereocenters. The zero-order valence-electron chi connectivity index (χ0n) is 21.5. The summed E-state index contributed by atoms with van der Waals surface area (Å²) in [6, 6.07) is 21.4. The summed E-state index contributed by atoms with van der Waals surface area (Å²) >= 11 is 0. The number of primary amides is 1. The van der Waals surface area contributed by atoms with Crippen LogP contribution in [-0.4, -0.2) is 56.0 Å². The molecule has 1 unspecified atom stereocenters. The molecule has 1 amide bonds. The third-order valence-electron chi connectivity index (χ3n) is 7.41. The van der Waals surface area contributed by atoms with Crippen LogP contribution in [0.4, 0.5) is 14.6 Å². The topological polar surface area (TPSA) is 93.5 Å². The van der Waals surface area contributed by atoms with Crippen LogP contribution in [0.15, 0.2) is 66.7 Å². The van der Waals surface area contributed by atoms with Crippen LogP contribution < -0.4 is 11.1 Å². The lowest BCUT2D eigenvalue weighted by molar-refractivity contribution is 0.0987. The molecule has 0 saturated carbocycles. The molecule has 0 radical (unpaired) electrons. The highest BCUT2D eigenvalue weighted by molar-refractivity contribution is 6.06. The highest BCUT2D eigenvalue weighted by atomic mass is 19.3. The molecule has 5 aromatic rings. The number of nitrogens with zero attached hydrogens (tertiary/aromatic N) is 5. The van der Waals surface area contributed by atoms with Gasteiger partial charge in [-0.3, -0.25) is 14.3 Å². The number of amides is 1. The Morgan fingerprint density at radius 1 is 1.10 bits per heavy atom. The van der Waals surface area contributed by atoms with E-state index in [9.17, 15) is 13.6 Å². The van der Waals surface area contributed by atoms with Crippen molar-refractivity contribution in [2.24, 2.45) is 5.73 Å². The van der Waals surface area contributed by atoms with Gasteiger partial charge in [0.25, 0.3) is 12.4 Å². The quantitative estimate of drug-likeness (QED) is 0.303. The number of aromatic nitrogens is 4. The van der Waals surface area contributed by atoms with Crippen molar-refractivity contribution in [1.29, 1.82) is 0 Å². The Labute approximate surface area is 224 Å². The van der Waals surface area contributed by atoms with Gasteiger partial charge in [0.05, 0.1) is 12.1 Å². The fourth-order valence-corrected chi connectivity index (χ4v) is 5.60. The van der Waals surface area contributed by atoms with Crippen LogP contribution >= 0.6 is 0 Å². The van der Waals surface area contributed by atoms with Crippen LogP contribution in [-0.2, 0) is 6.54 Å².